The zero-order valence-electron chi connectivity index (χ0n) is 22.3. The number of hydrogen-bond acceptors (Lipinski definition) is 4. The molecule has 0 bridgehead atoms. The molecular weight excluding hydrogens is 569 g/mol. The highest BCUT2D eigenvalue weighted by atomic mass is 35.5. The van der Waals surface area contributed by atoms with E-state index in [-0.39, 0.29) is 35.6 Å². The summed E-state index contributed by atoms with van der Waals surface area (Å²) in [5.41, 5.74) is 1.71. The van der Waals surface area contributed by atoms with Crippen LogP contribution in [0.1, 0.15) is 36.8 Å². The highest BCUT2D eigenvalue weighted by Crippen LogP contribution is 2.28. The smallest absolute Gasteiger partial charge is 0.244 e. The fourth-order valence-electron chi connectivity index (χ4n) is 4.98. The average Bonchev–Trinajstić information content (AvgIpc) is 3.43. The first kappa shape index (κ1) is 29.9. The number of nitrogens with one attached hydrogen (secondary N) is 1. The Labute approximate surface area is 246 Å². The van der Waals surface area contributed by atoms with Gasteiger partial charge in [0.1, 0.15) is 12.6 Å². The minimum Gasteiger partial charge on any atom is -0.352 e. The third kappa shape index (κ3) is 7.77. The summed E-state index contributed by atoms with van der Waals surface area (Å²) in [6.45, 7) is -0.511. The van der Waals surface area contributed by atoms with Gasteiger partial charge >= 0.3 is 0 Å². The average molecular weight is 603 g/mol. The van der Waals surface area contributed by atoms with Crippen molar-refractivity contribution >= 4 is 50.7 Å². The number of rotatable bonds is 11. The summed E-state index contributed by atoms with van der Waals surface area (Å²) in [6.07, 6.45) is 5.12. The van der Waals surface area contributed by atoms with Gasteiger partial charge in [0.15, 0.2) is 0 Å². The van der Waals surface area contributed by atoms with Crippen LogP contribution in [0.15, 0.2) is 78.9 Å². The number of carbonyl (C=O) groups is 2. The second-order valence-corrected chi connectivity index (χ2v) is 12.8. The van der Waals surface area contributed by atoms with Crippen molar-refractivity contribution in [1.82, 2.24) is 10.2 Å². The van der Waals surface area contributed by atoms with Crippen LogP contribution in [-0.4, -0.2) is 50.0 Å². The second-order valence-electron chi connectivity index (χ2n) is 10.0. The maximum Gasteiger partial charge on any atom is 0.244 e. The van der Waals surface area contributed by atoms with Gasteiger partial charge in [-0.3, -0.25) is 13.9 Å². The fourth-order valence-corrected chi connectivity index (χ4v) is 6.33. The monoisotopic (exact) mass is 601 g/mol. The topological polar surface area (TPSA) is 86.8 Å². The van der Waals surface area contributed by atoms with Crippen molar-refractivity contribution in [2.75, 3.05) is 17.1 Å². The zero-order valence-corrected chi connectivity index (χ0v) is 24.6. The Morgan fingerprint density at radius 2 is 1.50 bits per heavy atom. The number of amides is 2. The molecule has 3 aromatic carbocycles. The first-order valence-electron chi connectivity index (χ1n) is 13.2. The number of benzene rings is 3. The molecule has 212 valence electrons. The number of halogens is 2. The van der Waals surface area contributed by atoms with Crippen LogP contribution in [0.2, 0.25) is 10.0 Å². The second kappa shape index (κ2) is 13.5. The van der Waals surface area contributed by atoms with Crippen LogP contribution in [0, 0.1) is 0 Å². The van der Waals surface area contributed by atoms with Gasteiger partial charge in [0.25, 0.3) is 0 Å². The Bertz CT molecular complexity index is 1430. The Morgan fingerprint density at radius 1 is 0.900 bits per heavy atom. The molecule has 0 spiro atoms. The van der Waals surface area contributed by atoms with Gasteiger partial charge in [-0.1, -0.05) is 96.7 Å². The van der Waals surface area contributed by atoms with Gasteiger partial charge in [0.05, 0.1) is 17.0 Å². The molecule has 1 saturated carbocycles. The Hall–Kier alpha value is -3.07. The predicted octanol–water partition coefficient (Wildman–Crippen LogP) is 5.46. The van der Waals surface area contributed by atoms with Crippen LogP contribution in [0.25, 0.3) is 0 Å². The quantitative estimate of drug-likeness (QED) is 0.316. The van der Waals surface area contributed by atoms with Crippen molar-refractivity contribution in [3.63, 3.8) is 0 Å². The van der Waals surface area contributed by atoms with E-state index in [1.54, 1.807) is 48.5 Å². The van der Waals surface area contributed by atoms with Crippen LogP contribution in [0.5, 0.6) is 0 Å². The van der Waals surface area contributed by atoms with Gasteiger partial charge in [-0.2, -0.15) is 0 Å². The van der Waals surface area contributed by atoms with Gasteiger partial charge in [0.2, 0.25) is 21.8 Å². The predicted molar refractivity (Wildman–Crippen MR) is 160 cm³/mol. The molecule has 0 aromatic heterocycles. The molecule has 1 unspecified atom stereocenters. The molecule has 0 aliphatic heterocycles. The first-order valence-corrected chi connectivity index (χ1v) is 15.8. The largest absolute Gasteiger partial charge is 0.352 e. The van der Waals surface area contributed by atoms with Crippen molar-refractivity contribution in [1.29, 1.82) is 0 Å². The number of anilines is 1. The maximum atomic E-state index is 14.1. The van der Waals surface area contributed by atoms with Crippen LogP contribution < -0.4 is 9.62 Å². The van der Waals surface area contributed by atoms with Crippen LogP contribution >= 0.6 is 23.2 Å². The lowest BCUT2D eigenvalue weighted by Gasteiger charge is -2.34. The minimum absolute atomic E-state index is 0.0220. The highest BCUT2D eigenvalue weighted by Gasteiger charge is 2.34. The lowest BCUT2D eigenvalue weighted by atomic mass is 10.0. The normalized spacial score (nSPS) is 14.5. The number of para-hydroxylation sites is 1. The molecule has 1 atom stereocenters. The molecule has 1 N–H and O–H groups in total. The molecule has 1 aliphatic rings. The molecule has 7 nitrogen and oxygen atoms in total. The van der Waals surface area contributed by atoms with E-state index in [2.05, 4.69) is 5.32 Å². The molecular formula is C30H33Cl2N3O4S. The third-order valence-corrected chi connectivity index (χ3v) is 8.89. The Balaban J connectivity index is 1.74. The lowest BCUT2D eigenvalue weighted by Crippen LogP contribution is -2.54. The highest BCUT2D eigenvalue weighted by molar-refractivity contribution is 7.92. The standard InChI is InChI=1S/C30H33Cl2N3O4S/c1-40(38,39)35(27-18-10-9-17-26(27)32)21-29(36)34(20-23-13-5-8-16-25(23)31)28(19-22-11-3-2-4-12-22)30(37)33-24-14-6-7-15-24/h2-5,8-13,16-18,24,28H,6-7,14-15,19-21H2,1H3,(H,33,37). The first-order chi connectivity index (χ1) is 19.1. The summed E-state index contributed by atoms with van der Waals surface area (Å²) in [5, 5.41) is 3.78. The summed E-state index contributed by atoms with van der Waals surface area (Å²) < 4.78 is 26.7. The summed E-state index contributed by atoms with van der Waals surface area (Å²) in [5.74, 6) is -0.826. The van der Waals surface area contributed by atoms with Crippen molar-refractivity contribution in [3.05, 3.63) is 100 Å². The maximum absolute atomic E-state index is 14.1. The number of carbonyl (C=O) groups excluding carboxylic acids is 2. The SMILES string of the molecule is CS(=O)(=O)N(CC(=O)N(Cc1ccccc1Cl)C(Cc1ccccc1)C(=O)NC1CCCC1)c1ccccc1Cl. The van der Waals surface area contributed by atoms with Gasteiger partial charge in [-0.05, 0) is 42.2 Å². The molecule has 1 fully saturated rings. The van der Waals surface area contributed by atoms with Crippen molar-refractivity contribution < 1.29 is 18.0 Å². The van der Waals surface area contributed by atoms with E-state index in [9.17, 15) is 18.0 Å². The van der Waals surface area contributed by atoms with Crippen LogP contribution in [0.3, 0.4) is 0 Å². The molecule has 0 saturated heterocycles. The molecule has 40 heavy (non-hydrogen) atoms. The van der Waals surface area contributed by atoms with E-state index in [0.717, 1.165) is 41.8 Å². The van der Waals surface area contributed by atoms with Gasteiger partial charge < -0.3 is 10.2 Å². The number of sulfonamides is 1. The molecule has 3 aromatic rings. The lowest BCUT2D eigenvalue weighted by molar-refractivity contribution is -0.140. The number of hydrogen-bond donors (Lipinski definition) is 1. The zero-order chi connectivity index (χ0) is 28.7. The molecule has 0 heterocycles. The summed E-state index contributed by atoms with van der Waals surface area (Å²) >= 11 is 12.8. The van der Waals surface area contributed by atoms with E-state index < -0.39 is 28.5 Å². The van der Waals surface area contributed by atoms with Crippen molar-refractivity contribution in [2.45, 2.75) is 50.7 Å². The van der Waals surface area contributed by atoms with Gasteiger partial charge in [-0.15, -0.1) is 0 Å². The summed E-state index contributed by atoms with van der Waals surface area (Å²) in [6, 6.07) is 22.1. The molecule has 2 amide bonds. The Morgan fingerprint density at radius 3 is 2.12 bits per heavy atom. The molecule has 4 rings (SSSR count). The molecule has 1 aliphatic carbocycles. The Kier molecular flexibility index (Phi) is 10.1. The van der Waals surface area contributed by atoms with Crippen LogP contribution in [-0.2, 0) is 32.6 Å². The van der Waals surface area contributed by atoms with Crippen LogP contribution in [0.4, 0.5) is 5.69 Å². The van der Waals surface area contributed by atoms with Crippen molar-refractivity contribution in [2.24, 2.45) is 0 Å². The van der Waals surface area contributed by atoms with E-state index in [4.69, 9.17) is 23.2 Å². The molecule has 10 heteroatoms. The van der Waals surface area contributed by atoms with E-state index in [1.165, 1.54) is 4.90 Å². The molecule has 0 radical (unpaired) electrons. The van der Waals surface area contributed by atoms with E-state index >= 15 is 0 Å². The summed E-state index contributed by atoms with van der Waals surface area (Å²) in [4.78, 5) is 29.4. The minimum atomic E-state index is -3.90. The number of nitrogens with zero attached hydrogens (tertiary/aromatic N) is 2. The summed E-state index contributed by atoms with van der Waals surface area (Å²) in [7, 11) is -3.90. The van der Waals surface area contributed by atoms with Gasteiger partial charge in [-0.25, -0.2) is 8.42 Å². The fraction of sp³-hybridized carbons (Fsp3) is 0.333. The van der Waals surface area contributed by atoms with E-state index in [0.29, 0.717) is 10.6 Å². The van der Waals surface area contributed by atoms with E-state index in [1.807, 2.05) is 30.3 Å². The third-order valence-electron chi connectivity index (χ3n) is 7.07. The van der Waals surface area contributed by atoms with Gasteiger partial charge in [0, 0.05) is 24.0 Å². The van der Waals surface area contributed by atoms with Crippen molar-refractivity contribution in [3.8, 4) is 0 Å².